The molecule has 3 rings (SSSR count). The Hall–Kier alpha value is -2.04. The minimum absolute atomic E-state index is 0.0528. The van der Waals surface area contributed by atoms with E-state index in [4.69, 9.17) is 9.47 Å². The summed E-state index contributed by atoms with van der Waals surface area (Å²) in [6.45, 7) is 6.59. The van der Waals surface area contributed by atoms with E-state index in [9.17, 15) is 24.4 Å². The Kier molecular flexibility index (Phi) is 8.13. The first-order chi connectivity index (χ1) is 15.6. The second-order valence-electron chi connectivity index (χ2n) is 10.5. The van der Waals surface area contributed by atoms with Crippen molar-refractivity contribution in [2.45, 2.75) is 77.9 Å². The number of alkyl carbamates (subject to hydrolysis) is 1. The van der Waals surface area contributed by atoms with E-state index >= 15 is 0 Å². The Morgan fingerprint density at radius 3 is 2.45 bits per heavy atom. The number of quaternary nitrogens is 1. The van der Waals surface area contributed by atoms with Crippen molar-refractivity contribution in [2.24, 2.45) is 17.3 Å². The fourth-order valence-electron chi connectivity index (χ4n) is 5.45. The van der Waals surface area contributed by atoms with Crippen LogP contribution >= 0.6 is 0 Å². The highest BCUT2D eigenvalue weighted by Gasteiger charge is 2.61. The van der Waals surface area contributed by atoms with Crippen LogP contribution in [-0.4, -0.2) is 77.6 Å². The molecule has 10 heteroatoms. The van der Waals surface area contributed by atoms with Gasteiger partial charge in [0, 0.05) is 24.9 Å². The molecule has 0 aromatic carbocycles. The van der Waals surface area contributed by atoms with Crippen LogP contribution in [-0.2, 0) is 19.1 Å². The van der Waals surface area contributed by atoms with E-state index in [1.807, 2.05) is 20.8 Å². The van der Waals surface area contributed by atoms with E-state index in [0.717, 1.165) is 32.1 Å². The summed E-state index contributed by atoms with van der Waals surface area (Å²) in [5.74, 6) is -0.779. The van der Waals surface area contributed by atoms with Gasteiger partial charge in [-0.15, -0.1) is 0 Å². The van der Waals surface area contributed by atoms with Gasteiger partial charge in [-0.25, -0.2) is 24.8 Å². The number of carbonyl (C=O) groups is 4. The lowest BCUT2D eigenvalue weighted by Gasteiger charge is -2.38. The van der Waals surface area contributed by atoms with Gasteiger partial charge >= 0.3 is 18.0 Å². The third-order valence-corrected chi connectivity index (χ3v) is 8.03. The molecule has 0 aromatic heterocycles. The zero-order valence-electron chi connectivity index (χ0n) is 20.0. The molecule has 0 aromatic rings. The van der Waals surface area contributed by atoms with Gasteiger partial charge in [-0.3, -0.25) is 10.0 Å². The van der Waals surface area contributed by atoms with Gasteiger partial charge in [0.1, 0.15) is 12.6 Å². The zero-order valence-corrected chi connectivity index (χ0v) is 20.0. The highest BCUT2D eigenvalue weighted by molar-refractivity contribution is 5.93. The summed E-state index contributed by atoms with van der Waals surface area (Å²) in [7, 11) is 0. The quantitative estimate of drug-likeness (QED) is 0.243. The van der Waals surface area contributed by atoms with Gasteiger partial charge in [-0.1, -0.05) is 39.5 Å². The van der Waals surface area contributed by atoms with Gasteiger partial charge in [0.2, 0.25) is 6.41 Å². The van der Waals surface area contributed by atoms with Crippen LogP contribution in [0, 0.1) is 17.3 Å². The van der Waals surface area contributed by atoms with Crippen LogP contribution in [0.25, 0.3) is 0 Å². The number of urea groups is 1. The first kappa shape index (κ1) is 25.6. The van der Waals surface area contributed by atoms with Gasteiger partial charge in [0.05, 0.1) is 25.1 Å². The van der Waals surface area contributed by atoms with Crippen molar-refractivity contribution in [1.82, 2.24) is 10.4 Å². The second kappa shape index (κ2) is 10.5. The SMILES string of the molecule is C[C@@H]1C(C)(C)CC[N+]1(C(=O)NC(=O)OCC1CCO1)C(=O)[C@H](CC1CCCC1)CN(O)C=O. The summed E-state index contributed by atoms with van der Waals surface area (Å²) in [6.07, 6.45) is 5.26. The molecule has 1 aliphatic carbocycles. The second-order valence-corrected chi connectivity index (χ2v) is 10.5. The zero-order chi connectivity index (χ0) is 24.2. The van der Waals surface area contributed by atoms with E-state index in [0.29, 0.717) is 30.4 Å². The maximum absolute atomic E-state index is 14.0. The molecule has 2 aliphatic heterocycles. The summed E-state index contributed by atoms with van der Waals surface area (Å²) in [5.41, 5.74) is -0.321. The Balaban J connectivity index is 1.82. The van der Waals surface area contributed by atoms with E-state index in [1.165, 1.54) is 0 Å². The van der Waals surface area contributed by atoms with Crippen LogP contribution in [0.1, 0.15) is 65.7 Å². The molecule has 10 nitrogen and oxygen atoms in total. The van der Waals surface area contributed by atoms with Gasteiger partial charge in [0.15, 0.2) is 0 Å². The average molecular weight is 469 g/mol. The number of nitrogens with one attached hydrogen (secondary N) is 1. The molecule has 3 aliphatic rings. The monoisotopic (exact) mass is 468 g/mol. The summed E-state index contributed by atoms with van der Waals surface area (Å²) >= 11 is 0. The third kappa shape index (κ3) is 5.55. The molecule has 2 unspecified atom stereocenters. The number of nitrogens with zero attached hydrogens (tertiary/aromatic N) is 2. The number of likely N-dealkylation sites (tertiary alicyclic amines) is 1. The number of carbonyl (C=O) groups excluding carboxylic acids is 4. The maximum Gasteiger partial charge on any atom is 0.433 e. The van der Waals surface area contributed by atoms with E-state index in [1.54, 1.807) is 0 Å². The van der Waals surface area contributed by atoms with Crippen LogP contribution in [0.2, 0.25) is 0 Å². The molecule has 33 heavy (non-hydrogen) atoms. The maximum atomic E-state index is 14.0. The molecule has 0 spiro atoms. The fraction of sp³-hybridized carbons (Fsp3) is 0.826. The fourth-order valence-corrected chi connectivity index (χ4v) is 5.45. The average Bonchev–Trinajstić information content (AvgIpc) is 3.32. The van der Waals surface area contributed by atoms with Crippen molar-refractivity contribution in [1.29, 1.82) is 0 Å². The predicted octanol–water partition coefficient (Wildman–Crippen LogP) is 2.83. The van der Waals surface area contributed by atoms with Gasteiger partial charge in [0.25, 0.3) is 0 Å². The lowest BCUT2D eigenvalue weighted by atomic mass is 9.84. The Bertz CT molecular complexity index is 748. The lowest BCUT2D eigenvalue weighted by Crippen LogP contribution is -2.67. The summed E-state index contributed by atoms with van der Waals surface area (Å²) in [4.78, 5) is 51.0. The number of hydrogen-bond donors (Lipinski definition) is 2. The van der Waals surface area contributed by atoms with E-state index < -0.39 is 28.6 Å². The van der Waals surface area contributed by atoms with Crippen LogP contribution < -0.4 is 5.32 Å². The van der Waals surface area contributed by atoms with Crippen molar-refractivity contribution in [3.05, 3.63) is 0 Å². The summed E-state index contributed by atoms with van der Waals surface area (Å²) < 4.78 is 9.80. The standard InChI is InChI=1S/C23H37N3O7/c1-16-23(2,3)9-10-26(16,21(29)24-22(30)33-14-19-8-11-32-19)20(28)18(13-25(31)15-27)12-17-6-4-5-7-17/h15-19,31H,4-14H2,1-3H3/p+1/t16-,18-,19?,26?/m1/s1. The first-order valence-electron chi connectivity index (χ1n) is 12.0. The Labute approximate surface area is 195 Å². The molecule has 2 heterocycles. The molecule has 1 saturated carbocycles. The van der Waals surface area contributed by atoms with E-state index in [2.05, 4.69) is 5.32 Å². The minimum Gasteiger partial charge on any atom is -0.446 e. The number of ether oxygens (including phenoxy) is 2. The van der Waals surface area contributed by atoms with Gasteiger partial charge < -0.3 is 9.47 Å². The molecular weight excluding hydrogens is 430 g/mol. The van der Waals surface area contributed by atoms with Crippen molar-refractivity contribution in [3.63, 3.8) is 0 Å². The summed E-state index contributed by atoms with van der Waals surface area (Å²) in [6, 6.07) is -1.12. The lowest BCUT2D eigenvalue weighted by molar-refractivity contribution is -0.791. The topological polar surface area (TPSA) is 122 Å². The largest absolute Gasteiger partial charge is 0.446 e. The van der Waals surface area contributed by atoms with Crippen molar-refractivity contribution in [3.8, 4) is 0 Å². The molecule has 0 bridgehead atoms. The number of hydroxylamine groups is 2. The van der Waals surface area contributed by atoms with Gasteiger partial charge in [-0.2, -0.15) is 4.48 Å². The highest BCUT2D eigenvalue weighted by atomic mass is 16.6. The van der Waals surface area contributed by atoms with Crippen molar-refractivity contribution in [2.75, 3.05) is 26.3 Å². The molecule has 2 saturated heterocycles. The molecule has 0 radical (unpaired) electrons. The summed E-state index contributed by atoms with van der Waals surface area (Å²) in [5, 5.41) is 12.7. The van der Waals surface area contributed by atoms with Crippen molar-refractivity contribution < 1.29 is 38.3 Å². The van der Waals surface area contributed by atoms with E-state index in [-0.39, 0.29) is 43.5 Å². The molecule has 2 N–H and O–H groups in total. The molecule has 3 fully saturated rings. The smallest absolute Gasteiger partial charge is 0.433 e. The highest BCUT2D eigenvalue weighted by Crippen LogP contribution is 2.44. The molecule has 186 valence electrons. The minimum atomic E-state index is -0.901. The van der Waals surface area contributed by atoms with Crippen LogP contribution in [0.4, 0.5) is 9.59 Å². The molecular formula is C23H38N3O7+. The van der Waals surface area contributed by atoms with Crippen LogP contribution in [0.3, 0.4) is 0 Å². The number of hydrogen-bond acceptors (Lipinski definition) is 7. The number of imide groups is 2. The molecule has 4 atom stereocenters. The van der Waals surface area contributed by atoms with Gasteiger partial charge in [-0.05, 0) is 19.3 Å². The van der Waals surface area contributed by atoms with Crippen LogP contribution in [0.15, 0.2) is 0 Å². The number of amides is 5. The Morgan fingerprint density at radius 1 is 1.27 bits per heavy atom. The third-order valence-electron chi connectivity index (χ3n) is 8.03. The molecule has 5 amide bonds. The Morgan fingerprint density at radius 2 is 1.94 bits per heavy atom. The van der Waals surface area contributed by atoms with Crippen molar-refractivity contribution >= 4 is 24.4 Å². The normalized spacial score (nSPS) is 29.7. The van der Waals surface area contributed by atoms with Crippen LogP contribution in [0.5, 0.6) is 0 Å². The first-order valence-corrected chi connectivity index (χ1v) is 12.0. The number of rotatable bonds is 8. The predicted molar refractivity (Wildman–Crippen MR) is 117 cm³/mol.